The van der Waals surface area contributed by atoms with Crippen LogP contribution in [0.1, 0.15) is 43.5 Å². The van der Waals surface area contributed by atoms with Crippen LogP contribution in [0, 0.1) is 0 Å². The maximum Gasteiger partial charge on any atom is 0.217 e. The van der Waals surface area contributed by atoms with Crippen molar-refractivity contribution in [3.8, 4) is 0 Å². The summed E-state index contributed by atoms with van der Waals surface area (Å²) in [4.78, 5) is 11.0. The lowest BCUT2D eigenvalue weighted by Crippen LogP contribution is -2.20. The first kappa shape index (κ1) is 16.3. The van der Waals surface area contributed by atoms with Crippen molar-refractivity contribution >= 4 is 28.9 Å². The van der Waals surface area contributed by atoms with Gasteiger partial charge < -0.3 is 16.8 Å². The van der Waals surface area contributed by atoms with Crippen LogP contribution in [-0.4, -0.2) is 27.6 Å². The second-order valence-corrected chi connectivity index (χ2v) is 4.86. The lowest BCUT2D eigenvalue weighted by atomic mass is 10.0. The fourth-order valence-electron chi connectivity index (χ4n) is 2.03. The van der Waals surface area contributed by atoms with Crippen molar-refractivity contribution in [2.24, 2.45) is 11.5 Å². The number of nitrogens with zero attached hydrogens (tertiary/aromatic N) is 2. The van der Waals surface area contributed by atoms with E-state index in [0.29, 0.717) is 30.2 Å². The lowest BCUT2D eigenvalue weighted by Gasteiger charge is -2.15. The third-order valence-electron chi connectivity index (χ3n) is 2.98. The molecule has 6 nitrogen and oxygen atoms in total. The van der Waals surface area contributed by atoms with Gasteiger partial charge in [0.25, 0.3) is 0 Å². The van der Waals surface area contributed by atoms with Gasteiger partial charge in [-0.25, -0.2) is 0 Å². The van der Waals surface area contributed by atoms with Crippen LogP contribution in [0.5, 0.6) is 0 Å². The molecule has 1 aromatic rings. The predicted molar refractivity (Wildman–Crippen MR) is 83.6 cm³/mol. The van der Waals surface area contributed by atoms with Gasteiger partial charge in [0.2, 0.25) is 5.91 Å². The van der Waals surface area contributed by atoms with Crippen LogP contribution in [0.15, 0.2) is 0 Å². The average Bonchev–Trinajstić information content (AvgIpc) is 2.41. The number of nitrogens with one attached hydrogen (secondary N) is 1. The molecule has 7 heteroatoms. The highest BCUT2D eigenvalue weighted by Gasteiger charge is 2.16. The molecule has 20 heavy (non-hydrogen) atoms. The molecule has 0 aliphatic heterocycles. The summed E-state index contributed by atoms with van der Waals surface area (Å²) in [7, 11) is 0. The molecule has 0 aromatic carbocycles. The first-order valence-electron chi connectivity index (χ1n) is 6.71. The molecule has 5 N–H and O–H groups in total. The van der Waals surface area contributed by atoms with E-state index in [-0.39, 0.29) is 5.91 Å². The van der Waals surface area contributed by atoms with E-state index in [2.05, 4.69) is 15.5 Å². The van der Waals surface area contributed by atoms with E-state index in [1.54, 1.807) is 0 Å². The van der Waals surface area contributed by atoms with Gasteiger partial charge in [0.05, 0.1) is 11.3 Å². The molecule has 0 saturated heterocycles. The molecule has 0 aliphatic carbocycles. The Bertz CT molecular complexity index is 504. The number of thiocarbonyl (C=S) groups is 1. The fourth-order valence-corrected chi connectivity index (χ4v) is 2.25. The first-order valence-corrected chi connectivity index (χ1v) is 7.12. The summed E-state index contributed by atoms with van der Waals surface area (Å²) in [6, 6.07) is 0. The number of primary amides is 1. The molecule has 0 atom stereocenters. The van der Waals surface area contributed by atoms with Crippen molar-refractivity contribution in [3.05, 3.63) is 16.8 Å². The summed E-state index contributed by atoms with van der Waals surface area (Å²) in [6.07, 6.45) is 2.54. The van der Waals surface area contributed by atoms with Crippen LogP contribution in [0.2, 0.25) is 0 Å². The lowest BCUT2D eigenvalue weighted by molar-refractivity contribution is -0.118. The number of carbonyl (C=O) groups excluding carboxylic acids is 1. The highest BCUT2D eigenvalue weighted by Crippen LogP contribution is 2.20. The molecule has 1 heterocycles. The minimum Gasteiger partial charge on any atom is -0.389 e. The van der Waals surface area contributed by atoms with Crippen molar-refractivity contribution in [3.63, 3.8) is 0 Å². The molecule has 0 fully saturated rings. The van der Waals surface area contributed by atoms with Crippen LogP contribution < -0.4 is 16.8 Å². The highest BCUT2D eigenvalue weighted by molar-refractivity contribution is 7.80. The van der Waals surface area contributed by atoms with Crippen molar-refractivity contribution < 1.29 is 4.79 Å². The van der Waals surface area contributed by atoms with Crippen LogP contribution >= 0.6 is 12.2 Å². The Balaban J connectivity index is 2.95. The topological polar surface area (TPSA) is 107 Å². The van der Waals surface area contributed by atoms with Gasteiger partial charge in [0.15, 0.2) is 5.82 Å². The van der Waals surface area contributed by atoms with E-state index in [4.69, 9.17) is 23.7 Å². The van der Waals surface area contributed by atoms with Gasteiger partial charge in [0, 0.05) is 13.0 Å². The van der Waals surface area contributed by atoms with Crippen molar-refractivity contribution in [1.29, 1.82) is 0 Å². The summed E-state index contributed by atoms with van der Waals surface area (Å²) < 4.78 is 0. The summed E-state index contributed by atoms with van der Waals surface area (Å²) in [5.41, 5.74) is 13.6. The van der Waals surface area contributed by atoms with E-state index in [0.717, 1.165) is 29.7 Å². The van der Waals surface area contributed by atoms with Gasteiger partial charge in [-0.2, -0.15) is 5.10 Å². The van der Waals surface area contributed by atoms with Crippen LogP contribution in [-0.2, 0) is 17.6 Å². The number of aryl methyl sites for hydroxylation is 1. The number of hydrogen-bond donors (Lipinski definition) is 3. The molecule has 1 amide bonds. The quantitative estimate of drug-likeness (QED) is 0.486. The smallest absolute Gasteiger partial charge is 0.217 e. The van der Waals surface area contributed by atoms with Crippen LogP contribution in [0.25, 0.3) is 0 Å². The largest absolute Gasteiger partial charge is 0.389 e. The van der Waals surface area contributed by atoms with Crippen LogP contribution in [0.3, 0.4) is 0 Å². The number of rotatable bonds is 8. The normalized spacial score (nSPS) is 10.3. The van der Waals surface area contributed by atoms with Crippen molar-refractivity contribution in [1.82, 2.24) is 10.2 Å². The molecular weight excluding hydrogens is 274 g/mol. The summed E-state index contributed by atoms with van der Waals surface area (Å²) in [5.74, 6) is 0.263. The zero-order valence-electron chi connectivity index (χ0n) is 11.9. The standard InChI is InChI=1S/C13H21N5OS/c1-3-8-9(4-2)17-18-13(11(8)12(15)20)16-7-5-6-10(14)19/h3-7H2,1-2H3,(H2,14,19)(H2,15,20)(H,16,18). The maximum absolute atomic E-state index is 10.7. The number of anilines is 1. The fraction of sp³-hybridized carbons (Fsp3) is 0.538. The van der Waals surface area contributed by atoms with Gasteiger partial charge in [-0.3, -0.25) is 4.79 Å². The van der Waals surface area contributed by atoms with Crippen molar-refractivity contribution in [2.45, 2.75) is 39.5 Å². The van der Waals surface area contributed by atoms with Crippen LogP contribution in [0.4, 0.5) is 5.82 Å². The van der Waals surface area contributed by atoms with E-state index in [1.165, 1.54) is 0 Å². The Morgan fingerprint density at radius 1 is 1.25 bits per heavy atom. The Labute approximate surface area is 124 Å². The highest BCUT2D eigenvalue weighted by atomic mass is 32.1. The number of nitrogens with two attached hydrogens (primary N) is 2. The summed E-state index contributed by atoms with van der Waals surface area (Å²) in [6.45, 7) is 4.63. The third kappa shape index (κ3) is 4.12. The molecule has 0 aliphatic rings. The second kappa shape index (κ2) is 7.74. The molecule has 1 aromatic heterocycles. The summed E-state index contributed by atoms with van der Waals surface area (Å²) >= 11 is 5.13. The van der Waals surface area contributed by atoms with Gasteiger partial charge in [-0.05, 0) is 24.8 Å². The minimum absolute atomic E-state index is 0.309. The van der Waals surface area contributed by atoms with Gasteiger partial charge in [-0.1, -0.05) is 26.1 Å². The molecule has 0 radical (unpaired) electrons. The molecular formula is C13H21N5OS. The third-order valence-corrected chi connectivity index (χ3v) is 3.19. The molecule has 0 spiro atoms. The molecule has 0 bridgehead atoms. The van der Waals surface area contributed by atoms with E-state index >= 15 is 0 Å². The number of aromatic nitrogens is 2. The van der Waals surface area contributed by atoms with Gasteiger partial charge in [0.1, 0.15) is 4.99 Å². The SMILES string of the molecule is CCc1nnc(NCCCC(N)=O)c(C(N)=S)c1CC. The van der Waals surface area contributed by atoms with Crippen molar-refractivity contribution in [2.75, 3.05) is 11.9 Å². The Morgan fingerprint density at radius 2 is 1.95 bits per heavy atom. The average molecular weight is 295 g/mol. The first-order chi connectivity index (χ1) is 9.51. The maximum atomic E-state index is 10.7. The van der Waals surface area contributed by atoms with Gasteiger partial charge >= 0.3 is 0 Å². The summed E-state index contributed by atoms with van der Waals surface area (Å²) in [5, 5.41) is 11.5. The monoisotopic (exact) mass is 295 g/mol. The molecule has 1 rings (SSSR count). The predicted octanol–water partition coefficient (Wildman–Crippen LogP) is 0.913. The van der Waals surface area contributed by atoms with E-state index < -0.39 is 0 Å². The number of carbonyl (C=O) groups is 1. The molecule has 0 saturated carbocycles. The Morgan fingerprint density at radius 3 is 2.45 bits per heavy atom. The van der Waals surface area contributed by atoms with E-state index in [1.807, 2.05) is 13.8 Å². The minimum atomic E-state index is -0.317. The molecule has 0 unspecified atom stereocenters. The molecule has 110 valence electrons. The zero-order chi connectivity index (χ0) is 15.1. The number of amides is 1. The zero-order valence-corrected chi connectivity index (χ0v) is 12.7. The Hall–Kier alpha value is -1.76. The van der Waals surface area contributed by atoms with Gasteiger partial charge in [-0.15, -0.1) is 5.10 Å². The second-order valence-electron chi connectivity index (χ2n) is 4.42. The van der Waals surface area contributed by atoms with E-state index in [9.17, 15) is 4.79 Å². The Kier molecular flexibility index (Phi) is 6.30. The number of hydrogen-bond acceptors (Lipinski definition) is 5.